The predicted octanol–water partition coefficient (Wildman–Crippen LogP) is 0.690. The van der Waals surface area contributed by atoms with Crippen molar-refractivity contribution in [2.75, 3.05) is 5.75 Å². The number of hydrogen-bond acceptors (Lipinski definition) is 4. The Hall–Kier alpha value is -1.30. The average Bonchev–Trinajstić information content (AvgIpc) is 2.16. The molecule has 1 aromatic rings. The number of hydrogen-bond donors (Lipinski definition) is 2. The van der Waals surface area contributed by atoms with Gasteiger partial charge < -0.3 is 10.7 Å². The van der Waals surface area contributed by atoms with E-state index >= 15 is 0 Å². The largest absolute Gasteiger partial charge is 0.370 e. The second kappa shape index (κ2) is 6.32. The standard InChI is InChI=1S/C10H15N3O2S/c1-2-3-7-6-9(15)13-10(12-7)16-5-4-8(11)14/h6H,2-5H2,1H3,(H2,11,14)(H,12,13,15). The molecule has 1 aromatic heterocycles. The number of thioether (sulfide) groups is 1. The fraction of sp³-hybridized carbons (Fsp3) is 0.500. The minimum atomic E-state index is -0.348. The zero-order chi connectivity index (χ0) is 12.0. The number of nitrogens with zero attached hydrogens (tertiary/aromatic N) is 1. The van der Waals surface area contributed by atoms with Gasteiger partial charge in [0.25, 0.3) is 5.56 Å². The van der Waals surface area contributed by atoms with Crippen LogP contribution < -0.4 is 11.3 Å². The molecule has 0 spiro atoms. The molecule has 0 bridgehead atoms. The molecule has 0 saturated heterocycles. The molecule has 1 rings (SSSR count). The van der Waals surface area contributed by atoms with Crippen molar-refractivity contribution < 1.29 is 4.79 Å². The summed E-state index contributed by atoms with van der Waals surface area (Å²) in [6.07, 6.45) is 2.02. The van der Waals surface area contributed by atoms with Crippen molar-refractivity contribution in [2.24, 2.45) is 5.73 Å². The highest BCUT2D eigenvalue weighted by molar-refractivity contribution is 7.99. The fourth-order valence-electron chi connectivity index (χ4n) is 1.18. The maximum absolute atomic E-state index is 11.3. The molecule has 1 heterocycles. The third kappa shape index (κ3) is 4.48. The number of H-pyrrole nitrogens is 1. The van der Waals surface area contributed by atoms with E-state index in [1.807, 2.05) is 6.92 Å². The van der Waals surface area contributed by atoms with Crippen LogP contribution in [-0.2, 0) is 11.2 Å². The van der Waals surface area contributed by atoms with E-state index in [2.05, 4.69) is 9.97 Å². The predicted molar refractivity (Wildman–Crippen MR) is 63.4 cm³/mol. The lowest BCUT2D eigenvalue weighted by molar-refractivity contribution is -0.117. The molecule has 3 N–H and O–H groups in total. The molecule has 0 unspecified atom stereocenters. The van der Waals surface area contributed by atoms with Crippen molar-refractivity contribution in [1.82, 2.24) is 9.97 Å². The zero-order valence-corrected chi connectivity index (χ0v) is 9.97. The van der Waals surface area contributed by atoms with Gasteiger partial charge >= 0.3 is 0 Å². The van der Waals surface area contributed by atoms with Gasteiger partial charge in [-0.25, -0.2) is 4.98 Å². The van der Waals surface area contributed by atoms with Gasteiger partial charge in [-0.2, -0.15) is 0 Å². The van der Waals surface area contributed by atoms with Gasteiger partial charge in [0.2, 0.25) is 5.91 Å². The number of carbonyl (C=O) groups is 1. The summed E-state index contributed by atoms with van der Waals surface area (Å²) in [6.45, 7) is 2.03. The maximum Gasteiger partial charge on any atom is 0.251 e. The molecule has 0 aliphatic rings. The van der Waals surface area contributed by atoms with E-state index in [1.165, 1.54) is 17.8 Å². The summed E-state index contributed by atoms with van der Waals surface area (Å²) in [7, 11) is 0. The van der Waals surface area contributed by atoms with Crippen LogP contribution in [0.2, 0.25) is 0 Å². The van der Waals surface area contributed by atoms with Crippen LogP contribution in [0.15, 0.2) is 16.0 Å². The molecular weight excluding hydrogens is 226 g/mol. The molecule has 6 heteroatoms. The number of aromatic amines is 1. The molecule has 0 aromatic carbocycles. The van der Waals surface area contributed by atoms with Crippen LogP contribution in [0.3, 0.4) is 0 Å². The SMILES string of the molecule is CCCc1cc(=O)[nH]c(SCCC(N)=O)n1. The highest BCUT2D eigenvalue weighted by Crippen LogP contribution is 2.12. The lowest BCUT2D eigenvalue weighted by atomic mass is 10.2. The lowest BCUT2D eigenvalue weighted by Crippen LogP contribution is -2.12. The van der Waals surface area contributed by atoms with E-state index < -0.39 is 0 Å². The van der Waals surface area contributed by atoms with Gasteiger partial charge in [0.1, 0.15) is 0 Å². The monoisotopic (exact) mass is 241 g/mol. The molecule has 0 fully saturated rings. The van der Waals surface area contributed by atoms with Crippen molar-refractivity contribution in [3.8, 4) is 0 Å². The van der Waals surface area contributed by atoms with Gasteiger partial charge in [0, 0.05) is 23.9 Å². The number of carbonyl (C=O) groups excluding carboxylic acids is 1. The van der Waals surface area contributed by atoms with Crippen molar-refractivity contribution in [1.29, 1.82) is 0 Å². The first-order chi connectivity index (χ1) is 7.61. The molecule has 16 heavy (non-hydrogen) atoms. The molecule has 88 valence electrons. The zero-order valence-electron chi connectivity index (χ0n) is 9.16. The maximum atomic E-state index is 11.3. The lowest BCUT2D eigenvalue weighted by Gasteiger charge is -2.02. The normalized spacial score (nSPS) is 10.3. The van der Waals surface area contributed by atoms with E-state index in [9.17, 15) is 9.59 Å². The van der Waals surface area contributed by atoms with Crippen molar-refractivity contribution in [2.45, 2.75) is 31.3 Å². The molecule has 0 aliphatic heterocycles. The molecule has 5 nitrogen and oxygen atoms in total. The first kappa shape index (κ1) is 12.8. The van der Waals surface area contributed by atoms with E-state index in [0.717, 1.165) is 18.5 Å². The Morgan fingerprint density at radius 3 is 3.00 bits per heavy atom. The summed E-state index contributed by atoms with van der Waals surface area (Å²) >= 11 is 1.34. The number of amides is 1. The number of nitrogens with two attached hydrogens (primary N) is 1. The molecule has 0 aliphatic carbocycles. The quantitative estimate of drug-likeness (QED) is 0.566. The van der Waals surface area contributed by atoms with Gasteiger partial charge in [-0.1, -0.05) is 25.1 Å². The highest BCUT2D eigenvalue weighted by Gasteiger charge is 2.02. The van der Waals surface area contributed by atoms with Gasteiger partial charge in [-0.05, 0) is 6.42 Å². The number of rotatable bonds is 6. The second-order valence-corrected chi connectivity index (χ2v) is 4.44. The van der Waals surface area contributed by atoms with Gasteiger partial charge in [0.15, 0.2) is 5.16 Å². The Balaban J connectivity index is 2.65. The van der Waals surface area contributed by atoms with Gasteiger partial charge in [-0.3, -0.25) is 9.59 Å². The van der Waals surface area contributed by atoms with Crippen LogP contribution in [0.5, 0.6) is 0 Å². The first-order valence-corrected chi connectivity index (χ1v) is 6.11. The van der Waals surface area contributed by atoms with Crippen molar-refractivity contribution >= 4 is 17.7 Å². The van der Waals surface area contributed by atoms with Crippen molar-refractivity contribution in [3.63, 3.8) is 0 Å². The Kier molecular flexibility index (Phi) is 5.04. The first-order valence-electron chi connectivity index (χ1n) is 5.13. The number of primary amides is 1. The summed E-state index contributed by atoms with van der Waals surface area (Å²) in [5.41, 5.74) is 5.65. The molecular formula is C10H15N3O2S. The number of aromatic nitrogens is 2. The minimum absolute atomic E-state index is 0.153. The molecule has 0 radical (unpaired) electrons. The van der Waals surface area contributed by atoms with E-state index in [4.69, 9.17) is 5.73 Å². The highest BCUT2D eigenvalue weighted by atomic mass is 32.2. The van der Waals surface area contributed by atoms with E-state index in [-0.39, 0.29) is 17.9 Å². The number of aryl methyl sites for hydroxylation is 1. The Morgan fingerprint density at radius 1 is 1.62 bits per heavy atom. The van der Waals surface area contributed by atoms with E-state index in [1.54, 1.807) is 0 Å². The summed E-state index contributed by atoms with van der Waals surface area (Å²) < 4.78 is 0. The topological polar surface area (TPSA) is 88.8 Å². The van der Waals surface area contributed by atoms with Gasteiger partial charge in [-0.15, -0.1) is 0 Å². The molecule has 0 atom stereocenters. The van der Waals surface area contributed by atoms with E-state index in [0.29, 0.717) is 10.9 Å². The van der Waals surface area contributed by atoms with Crippen LogP contribution in [0.4, 0.5) is 0 Å². The average molecular weight is 241 g/mol. The van der Waals surface area contributed by atoms with Crippen molar-refractivity contribution in [3.05, 3.63) is 22.1 Å². The van der Waals surface area contributed by atoms with Crippen LogP contribution >= 0.6 is 11.8 Å². The number of nitrogens with one attached hydrogen (secondary N) is 1. The molecule has 0 saturated carbocycles. The Morgan fingerprint density at radius 2 is 2.38 bits per heavy atom. The Bertz CT molecular complexity index is 417. The van der Waals surface area contributed by atoms with Crippen LogP contribution in [0, 0.1) is 0 Å². The summed E-state index contributed by atoms with van der Waals surface area (Å²) in [4.78, 5) is 28.7. The fourth-order valence-corrected chi connectivity index (χ4v) is 2.04. The molecule has 1 amide bonds. The third-order valence-corrected chi connectivity index (χ3v) is 2.74. The third-order valence-electron chi connectivity index (χ3n) is 1.87. The summed E-state index contributed by atoms with van der Waals surface area (Å²) in [6, 6.07) is 1.50. The second-order valence-electron chi connectivity index (χ2n) is 3.36. The smallest absolute Gasteiger partial charge is 0.251 e. The minimum Gasteiger partial charge on any atom is -0.370 e. The summed E-state index contributed by atoms with van der Waals surface area (Å²) in [5, 5.41) is 0.553. The van der Waals surface area contributed by atoms with Gasteiger partial charge in [0.05, 0.1) is 0 Å². The summed E-state index contributed by atoms with van der Waals surface area (Å²) in [5.74, 6) is 0.188. The van der Waals surface area contributed by atoms with Crippen LogP contribution in [0.25, 0.3) is 0 Å². The van der Waals surface area contributed by atoms with Crippen LogP contribution in [-0.4, -0.2) is 21.6 Å². The van der Waals surface area contributed by atoms with Crippen LogP contribution in [0.1, 0.15) is 25.5 Å². The Labute approximate surface area is 97.8 Å².